The second-order valence-corrected chi connectivity index (χ2v) is 9.83. The van der Waals surface area contributed by atoms with Crippen molar-refractivity contribution in [3.63, 3.8) is 0 Å². The van der Waals surface area contributed by atoms with Crippen LogP contribution >= 0.6 is 8.22 Å². The molecule has 5 heteroatoms. The molecule has 1 aliphatic heterocycles. The summed E-state index contributed by atoms with van der Waals surface area (Å²) < 4.78 is 10.3. The molecule has 0 radical (unpaired) electrons. The first-order valence-corrected chi connectivity index (χ1v) is 9.41. The van der Waals surface area contributed by atoms with Gasteiger partial charge in [-0.2, -0.15) is 0 Å². The maximum atomic E-state index is 12.9. The molecule has 0 atom stereocenters. The lowest BCUT2D eigenvalue weighted by molar-refractivity contribution is 0.161. The summed E-state index contributed by atoms with van der Waals surface area (Å²) in [6.07, 6.45) is 0. The quantitative estimate of drug-likeness (QED) is 0.739. The van der Waals surface area contributed by atoms with Gasteiger partial charge in [0.15, 0.2) is 8.22 Å². The number of carbonyl (C=O) groups excluding carboxylic acids is 1. The minimum absolute atomic E-state index is 0.0442. The third-order valence-corrected chi connectivity index (χ3v) is 6.87. The lowest BCUT2D eigenvalue weighted by Crippen LogP contribution is -2.40. The zero-order valence-corrected chi connectivity index (χ0v) is 16.1. The fourth-order valence-electron chi connectivity index (χ4n) is 2.72. The molecule has 0 bridgehead atoms. The molecular formula is C18H29N2O2P. The van der Waals surface area contributed by atoms with Crippen molar-refractivity contribution >= 4 is 13.9 Å². The first-order chi connectivity index (χ1) is 10.6. The van der Waals surface area contributed by atoms with Crippen LogP contribution in [0.25, 0.3) is 0 Å². The van der Waals surface area contributed by atoms with Crippen LogP contribution in [0.5, 0.6) is 0 Å². The Bertz CT molecular complexity index is 512. The zero-order chi connectivity index (χ0) is 17.3. The highest BCUT2D eigenvalue weighted by molar-refractivity contribution is 7.70. The van der Waals surface area contributed by atoms with Crippen LogP contribution in [0.15, 0.2) is 30.3 Å². The van der Waals surface area contributed by atoms with E-state index in [1.807, 2.05) is 30.3 Å². The molecular weight excluding hydrogens is 307 g/mol. The minimum Gasteiger partial charge on any atom is -0.456 e. The fourth-order valence-corrected chi connectivity index (χ4v) is 5.25. The third-order valence-electron chi connectivity index (χ3n) is 3.90. The predicted molar refractivity (Wildman–Crippen MR) is 96.5 cm³/mol. The summed E-state index contributed by atoms with van der Waals surface area (Å²) in [6.45, 7) is 15.2. The highest BCUT2D eigenvalue weighted by Crippen LogP contribution is 2.56. The number of hydrogen-bond acceptors (Lipinski definition) is 4. The van der Waals surface area contributed by atoms with E-state index >= 15 is 0 Å². The lowest BCUT2D eigenvalue weighted by atomic mass is 10.1. The summed E-state index contributed by atoms with van der Waals surface area (Å²) in [5.41, 5.74) is 0.848. The lowest BCUT2D eigenvalue weighted by Gasteiger charge is -2.40. The number of carbonyl (C=O) groups is 1. The van der Waals surface area contributed by atoms with Gasteiger partial charge in [0.2, 0.25) is 0 Å². The second-order valence-electron chi connectivity index (χ2n) is 7.92. The van der Waals surface area contributed by atoms with Gasteiger partial charge in [-0.3, -0.25) is 9.34 Å². The van der Waals surface area contributed by atoms with E-state index in [4.69, 9.17) is 4.74 Å². The van der Waals surface area contributed by atoms with Crippen molar-refractivity contribution in [1.82, 2.24) is 9.34 Å². The molecule has 1 aromatic rings. The van der Waals surface area contributed by atoms with E-state index < -0.39 is 8.22 Å². The predicted octanol–water partition coefficient (Wildman–Crippen LogP) is 4.85. The molecule has 0 amide bonds. The Morgan fingerprint density at radius 1 is 1.00 bits per heavy atom. The zero-order valence-electron chi connectivity index (χ0n) is 15.2. The van der Waals surface area contributed by atoms with E-state index in [0.717, 1.165) is 18.7 Å². The molecule has 4 nitrogen and oxygen atoms in total. The van der Waals surface area contributed by atoms with Crippen LogP contribution in [0.4, 0.5) is 4.79 Å². The topological polar surface area (TPSA) is 32.8 Å². The Morgan fingerprint density at radius 3 is 1.91 bits per heavy atom. The molecule has 0 aliphatic carbocycles. The van der Waals surface area contributed by atoms with E-state index in [9.17, 15) is 4.79 Å². The number of nitrogens with zero attached hydrogens (tertiary/aromatic N) is 2. The fraction of sp³-hybridized carbons (Fsp3) is 0.611. The van der Waals surface area contributed by atoms with Crippen molar-refractivity contribution in [1.29, 1.82) is 0 Å². The van der Waals surface area contributed by atoms with Crippen LogP contribution in [-0.2, 0) is 11.3 Å². The Hall–Kier alpha value is -0.960. The van der Waals surface area contributed by atoms with Crippen molar-refractivity contribution in [2.24, 2.45) is 0 Å². The molecule has 0 N–H and O–H groups in total. The number of rotatable bonds is 3. The van der Waals surface area contributed by atoms with Crippen molar-refractivity contribution in [3.8, 4) is 0 Å². The van der Waals surface area contributed by atoms with E-state index in [0.29, 0.717) is 6.61 Å². The van der Waals surface area contributed by atoms with Crippen LogP contribution in [0.3, 0.4) is 0 Å². The molecule has 1 fully saturated rings. The highest BCUT2D eigenvalue weighted by atomic mass is 31.1. The van der Waals surface area contributed by atoms with Gasteiger partial charge < -0.3 is 4.74 Å². The van der Waals surface area contributed by atoms with Crippen molar-refractivity contribution in [3.05, 3.63) is 35.9 Å². The largest absolute Gasteiger partial charge is 0.456 e. The molecule has 1 aliphatic rings. The van der Waals surface area contributed by atoms with Crippen molar-refractivity contribution in [2.45, 2.75) is 59.2 Å². The molecule has 1 saturated heterocycles. The average Bonchev–Trinajstić information content (AvgIpc) is 2.91. The van der Waals surface area contributed by atoms with Crippen molar-refractivity contribution < 1.29 is 9.53 Å². The van der Waals surface area contributed by atoms with Gasteiger partial charge in [-0.1, -0.05) is 30.3 Å². The van der Waals surface area contributed by atoms with Gasteiger partial charge in [0.25, 0.3) is 0 Å². The summed E-state index contributed by atoms with van der Waals surface area (Å²) in [5, 5.41) is 0. The molecule has 128 valence electrons. The Labute approximate surface area is 141 Å². The maximum absolute atomic E-state index is 12.9. The van der Waals surface area contributed by atoms with Gasteiger partial charge in [-0.25, -0.2) is 4.79 Å². The van der Waals surface area contributed by atoms with Gasteiger partial charge in [0, 0.05) is 24.2 Å². The SMILES string of the molecule is CC(C)(C)N1CCN(C(C)(C)C)P1C(=O)OCc1ccccc1. The summed E-state index contributed by atoms with van der Waals surface area (Å²) in [6, 6.07) is 9.87. The number of ether oxygens (including phenoxy) is 1. The molecule has 0 aromatic heterocycles. The Kier molecular flexibility index (Phi) is 5.50. The van der Waals surface area contributed by atoms with Gasteiger partial charge in [-0.15, -0.1) is 0 Å². The standard InChI is InChI=1S/C18H29N2O2P/c1-17(2,3)19-12-13-20(18(4,5)6)23(19)16(21)22-14-15-10-8-7-9-11-15/h7-11H,12-14H2,1-6H3. The highest BCUT2D eigenvalue weighted by Gasteiger charge is 2.47. The van der Waals surface area contributed by atoms with Gasteiger partial charge in [-0.05, 0) is 47.1 Å². The molecule has 1 aromatic carbocycles. The van der Waals surface area contributed by atoms with Gasteiger partial charge in [0.1, 0.15) is 6.61 Å². The molecule has 1 heterocycles. The van der Waals surface area contributed by atoms with Gasteiger partial charge >= 0.3 is 5.71 Å². The Morgan fingerprint density at radius 2 is 1.48 bits per heavy atom. The van der Waals surface area contributed by atoms with Crippen LogP contribution < -0.4 is 0 Å². The Balaban J connectivity index is 2.14. The van der Waals surface area contributed by atoms with Crippen LogP contribution in [0.2, 0.25) is 0 Å². The van der Waals surface area contributed by atoms with Crippen molar-refractivity contribution in [2.75, 3.05) is 13.1 Å². The first-order valence-electron chi connectivity index (χ1n) is 8.16. The molecule has 23 heavy (non-hydrogen) atoms. The molecule has 0 unspecified atom stereocenters. The summed E-state index contributed by atoms with van der Waals surface area (Å²) >= 11 is 0. The summed E-state index contributed by atoms with van der Waals surface area (Å²) in [4.78, 5) is 12.9. The number of benzene rings is 1. The normalized spacial score (nSPS) is 18.3. The summed E-state index contributed by atoms with van der Waals surface area (Å²) in [5.74, 6) is 0. The van der Waals surface area contributed by atoms with E-state index in [1.54, 1.807) is 0 Å². The minimum atomic E-state index is -1.10. The molecule has 2 rings (SSSR count). The summed E-state index contributed by atoms with van der Waals surface area (Å²) in [7, 11) is -1.10. The van der Waals surface area contributed by atoms with Crippen LogP contribution in [0.1, 0.15) is 47.1 Å². The van der Waals surface area contributed by atoms with Crippen LogP contribution in [0, 0.1) is 0 Å². The van der Waals surface area contributed by atoms with Crippen LogP contribution in [-0.4, -0.2) is 39.2 Å². The van der Waals surface area contributed by atoms with E-state index in [1.165, 1.54) is 0 Å². The average molecular weight is 336 g/mol. The third kappa shape index (κ3) is 4.53. The molecule has 0 spiro atoms. The van der Waals surface area contributed by atoms with Gasteiger partial charge in [0.05, 0.1) is 0 Å². The van der Waals surface area contributed by atoms with E-state index in [2.05, 4.69) is 50.9 Å². The maximum Gasteiger partial charge on any atom is 0.358 e. The second kappa shape index (κ2) is 6.88. The number of hydrogen-bond donors (Lipinski definition) is 0. The monoisotopic (exact) mass is 336 g/mol. The smallest absolute Gasteiger partial charge is 0.358 e. The van der Waals surface area contributed by atoms with E-state index in [-0.39, 0.29) is 16.8 Å². The molecule has 0 saturated carbocycles. The first kappa shape index (κ1) is 18.4.